The van der Waals surface area contributed by atoms with Crippen LogP contribution in [0.15, 0.2) is 12.2 Å². The molecule has 3 saturated carbocycles. The summed E-state index contributed by atoms with van der Waals surface area (Å²) in [4.78, 5) is 0. The maximum absolute atomic E-state index is 5.97. The Bertz CT molecular complexity index is 514. The van der Waals surface area contributed by atoms with Gasteiger partial charge in [0.05, 0.1) is 12.2 Å². The fraction of sp³-hybridized carbons (Fsp3) is 0.900. The molecule has 5 rings (SSSR count). The van der Waals surface area contributed by atoms with E-state index < -0.39 is 0 Å². The number of ether oxygens (including phenoxy) is 1. The number of hydrogen-bond acceptors (Lipinski definition) is 1. The van der Waals surface area contributed by atoms with Crippen molar-refractivity contribution >= 4 is 0 Å². The van der Waals surface area contributed by atoms with Crippen LogP contribution in [0.5, 0.6) is 0 Å². The van der Waals surface area contributed by atoms with Gasteiger partial charge in [-0.25, -0.2) is 0 Å². The highest BCUT2D eigenvalue weighted by Gasteiger charge is 2.70. The Morgan fingerprint density at radius 1 is 0.952 bits per heavy atom. The van der Waals surface area contributed by atoms with Gasteiger partial charge < -0.3 is 4.74 Å². The van der Waals surface area contributed by atoms with Crippen molar-refractivity contribution in [3.8, 4) is 0 Å². The van der Waals surface area contributed by atoms with Crippen molar-refractivity contribution in [2.45, 2.75) is 71.3 Å². The summed E-state index contributed by atoms with van der Waals surface area (Å²) in [6, 6.07) is 0. The highest BCUT2D eigenvalue weighted by Crippen LogP contribution is 2.74. The molecule has 1 heterocycles. The van der Waals surface area contributed by atoms with Crippen molar-refractivity contribution in [3.63, 3.8) is 0 Å². The molecule has 0 bridgehead atoms. The molecule has 4 fully saturated rings. The summed E-state index contributed by atoms with van der Waals surface area (Å²) in [5.41, 5.74) is 1.95. The van der Waals surface area contributed by atoms with E-state index in [2.05, 4.69) is 32.9 Å². The van der Waals surface area contributed by atoms with Crippen molar-refractivity contribution in [2.75, 3.05) is 6.61 Å². The van der Waals surface area contributed by atoms with Gasteiger partial charge in [0.25, 0.3) is 0 Å². The molecule has 5 aliphatic rings. The lowest BCUT2D eigenvalue weighted by Gasteiger charge is -2.68. The lowest BCUT2D eigenvalue weighted by molar-refractivity contribution is -0.166. The third kappa shape index (κ3) is 1.39. The standard InChI is InChI=1S/C20H30O/c1-17(2)8-4-9-18(3)14(17)5-10-19-11-6-16(19)20(13-21-20)12-7-15(18)19/h6,11,14-16H,4-5,7-10,12-13H2,1-3H3/t14-,15+,16-,18-,19-,20+/m0/s1. The van der Waals surface area contributed by atoms with E-state index in [9.17, 15) is 0 Å². The van der Waals surface area contributed by atoms with Gasteiger partial charge in [-0.1, -0.05) is 39.3 Å². The molecule has 116 valence electrons. The fourth-order valence-corrected chi connectivity index (χ4v) is 7.72. The zero-order chi connectivity index (χ0) is 14.5. The number of rotatable bonds is 0. The fourth-order valence-electron chi connectivity index (χ4n) is 7.72. The summed E-state index contributed by atoms with van der Waals surface area (Å²) < 4.78 is 5.97. The molecule has 0 aromatic heterocycles. The third-order valence-electron chi connectivity index (χ3n) is 8.70. The van der Waals surface area contributed by atoms with E-state index in [0.717, 1.165) is 24.4 Å². The van der Waals surface area contributed by atoms with Crippen LogP contribution in [0, 0.1) is 34.0 Å². The quantitative estimate of drug-likeness (QED) is 0.453. The monoisotopic (exact) mass is 286 g/mol. The van der Waals surface area contributed by atoms with Gasteiger partial charge in [-0.2, -0.15) is 0 Å². The van der Waals surface area contributed by atoms with Crippen molar-refractivity contribution in [1.29, 1.82) is 0 Å². The SMILES string of the molecule is CC1(C)CCC[C@]2(C)[C@H]3CC[C@@]4(CO4)[C@H]4C=C[C@]43CC[C@@H]12. The Balaban J connectivity index is 1.57. The van der Waals surface area contributed by atoms with Gasteiger partial charge >= 0.3 is 0 Å². The second kappa shape index (κ2) is 3.61. The molecule has 6 atom stereocenters. The van der Waals surface area contributed by atoms with Crippen LogP contribution in [0.1, 0.15) is 65.7 Å². The Kier molecular flexibility index (Phi) is 2.26. The molecular formula is C20H30O. The summed E-state index contributed by atoms with van der Waals surface area (Å²) >= 11 is 0. The maximum Gasteiger partial charge on any atom is 0.0987 e. The highest BCUT2D eigenvalue weighted by atomic mass is 16.6. The topological polar surface area (TPSA) is 12.5 Å². The summed E-state index contributed by atoms with van der Waals surface area (Å²) in [6.07, 6.45) is 15.1. The molecule has 1 aliphatic heterocycles. The second-order valence-electron chi connectivity index (χ2n) is 9.83. The lowest BCUT2D eigenvalue weighted by Crippen LogP contribution is -2.63. The molecule has 1 nitrogen and oxygen atoms in total. The lowest BCUT2D eigenvalue weighted by atomic mass is 9.36. The first-order chi connectivity index (χ1) is 9.93. The van der Waals surface area contributed by atoms with E-state index in [-0.39, 0.29) is 0 Å². The largest absolute Gasteiger partial charge is 0.369 e. The second-order valence-corrected chi connectivity index (χ2v) is 9.83. The summed E-state index contributed by atoms with van der Waals surface area (Å²) in [7, 11) is 0. The van der Waals surface area contributed by atoms with E-state index >= 15 is 0 Å². The van der Waals surface area contributed by atoms with Crippen LogP contribution >= 0.6 is 0 Å². The molecule has 21 heavy (non-hydrogen) atoms. The normalized spacial score (nSPS) is 59.7. The van der Waals surface area contributed by atoms with Gasteiger partial charge in [0.1, 0.15) is 0 Å². The van der Waals surface area contributed by atoms with Crippen molar-refractivity contribution in [3.05, 3.63) is 12.2 Å². The van der Waals surface area contributed by atoms with Gasteiger partial charge in [-0.3, -0.25) is 0 Å². The predicted molar refractivity (Wildman–Crippen MR) is 84.9 cm³/mol. The minimum Gasteiger partial charge on any atom is -0.369 e. The van der Waals surface area contributed by atoms with E-state index in [4.69, 9.17) is 4.74 Å². The van der Waals surface area contributed by atoms with Gasteiger partial charge in [0.15, 0.2) is 0 Å². The molecule has 0 unspecified atom stereocenters. The number of fused-ring (bicyclic) bond motifs is 3. The van der Waals surface area contributed by atoms with Crippen molar-refractivity contribution in [2.24, 2.45) is 34.0 Å². The van der Waals surface area contributed by atoms with E-state index in [0.29, 0.717) is 21.8 Å². The van der Waals surface area contributed by atoms with Crippen LogP contribution in [-0.2, 0) is 4.74 Å². The highest BCUT2D eigenvalue weighted by molar-refractivity contribution is 5.33. The molecule has 0 amide bonds. The van der Waals surface area contributed by atoms with Crippen molar-refractivity contribution < 1.29 is 4.74 Å². The summed E-state index contributed by atoms with van der Waals surface area (Å²) in [5.74, 6) is 2.62. The number of epoxide rings is 1. The molecule has 0 radical (unpaired) electrons. The first kappa shape index (κ1) is 13.2. The zero-order valence-corrected chi connectivity index (χ0v) is 14.0. The van der Waals surface area contributed by atoms with Gasteiger partial charge in [-0.15, -0.1) is 0 Å². The molecule has 1 heteroatoms. The van der Waals surface area contributed by atoms with E-state index in [1.54, 1.807) is 0 Å². The van der Waals surface area contributed by atoms with Gasteiger partial charge in [0.2, 0.25) is 0 Å². The Morgan fingerprint density at radius 3 is 2.38 bits per heavy atom. The number of hydrogen-bond donors (Lipinski definition) is 0. The molecule has 1 saturated heterocycles. The first-order valence-electron chi connectivity index (χ1n) is 9.26. The van der Waals surface area contributed by atoms with Gasteiger partial charge in [-0.05, 0) is 61.2 Å². The number of allylic oxidation sites excluding steroid dienone is 1. The average Bonchev–Trinajstić information content (AvgIpc) is 3.13. The average molecular weight is 286 g/mol. The minimum atomic E-state index is 0.290. The minimum absolute atomic E-state index is 0.290. The molecule has 0 N–H and O–H groups in total. The van der Waals surface area contributed by atoms with Crippen LogP contribution < -0.4 is 0 Å². The molecule has 2 spiro atoms. The Hall–Kier alpha value is -0.300. The predicted octanol–water partition coefficient (Wildman–Crippen LogP) is 4.96. The van der Waals surface area contributed by atoms with Crippen LogP contribution in [0.25, 0.3) is 0 Å². The molecule has 0 aromatic carbocycles. The van der Waals surface area contributed by atoms with Crippen LogP contribution in [0.2, 0.25) is 0 Å². The van der Waals surface area contributed by atoms with Crippen LogP contribution in [0.4, 0.5) is 0 Å². The third-order valence-corrected chi connectivity index (χ3v) is 8.70. The Labute approximate surface area is 129 Å². The zero-order valence-electron chi connectivity index (χ0n) is 14.0. The molecule has 0 aromatic rings. The molecule has 4 aliphatic carbocycles. The van der Waals surface area contributed by atoms with E-state index in [1.165, 1.54) is 44.9 Å². The molecular weight excluding hydrogens is 256 g/mol. The van der Waals surface area contributed by atoms with E-state index in [1.807, 2.05) is 0 Å². The van der Waals surface area contributed by atoms with Gasteiger partial charge in [0, 0.05) is 11.3 Å². The maximum atomic E-state index is 5.97. The van der Waals surface area contributed by atoms with Crippen molar-refractivity contribution in [1.82, 2.24) is 0 Å². The smallest absolute Gasteiger partial charge is 0.0987 e. The Morgan fingerprint density at radius 2 is 1.71 bits per heavy atom. The summed E-state index contributed by atoms with van der Waals surface area (Å²) in [6.45, 7) is 8.81. The van der Waals surface area contributed by atoms with Crippen LogP contribution in [-0.4, -0.2) is 12.2 Å². The van der Waals surface area contributed by atoms with Crippen LogP contribution in [0.3, 0.4) is 0 Å². The summed E-state index contributed by atoms with van der Waals surface area (Å²) in [5, 5.41) is 0. The first-order valence-corrected chi connectivity index (χ1v) is 9.26.